The van der Waals surface area contributed by atoms with E-state index in [-0.39, 0.29) is 18.3 Å². The zero-order chi connectivity index (χ0) is 11.3. The molecule has 0 saturated carbocycles. The second kappa shape index (κ2) is 5.14. The van der Waals surface area contributed by atoms with Gasteiger partial charge in [0.05, 0.1) is 6.42 Å². The number of carbonyl (C=O) groups is 2. The van der Waals surface area contributed by atoms with Crippen molar-refractivity contribution in [2.75, 3.05) is 7.05 Å². The summed E-state index contributed by atoms with van der Waals surface area (Å²) < 4.78 is 4.97. The van der Waals surface area contributed by atoms with Crippen LogP contribution < -0.4 is 10.1 Å². The predicted octanol–water partition coefficient (Wildman–Crippen LogP) is 0.900. The minimum Gasteiger partial charge on any atom is -0.426 e. The van der Waals surface area contributed by atoms with Gasteiger partial charge in [-0.1, -0.05) is 18.2 Å². The third kappa shape index (κ3) is 3.42. The monoisotopic (exact) mass is 207 g/mol. The van der Waals surface area contributed by atoms with Crippen molar-refractivity contribution in [2.24, 2.45) is 0 Å². The first-order chi connectivity index (χ1) is 7.13. The first kappa shape index (κ1) is 11.2. The first-order valence-electron chi connectivity index (χ1n) is 4.60. The van der Waals surface area contributed by atoms with Gasteiger partial charge in [-0.05, 0) is 6.07 Å². The number of carbonyl (C=O) groups excluding carboxylic acids is 2. The quantitative estimate of drug-likeness (QED) is 0.591. The maximum absolute atomic E-state index is 11.2. The van der Waals surface area contributed by atoms with Gasteiger partial charge in [-0.25, -0.2) is 0 Å². The molecule has 0 fully saturated rings. The van der Waals surface area contributed by atoms with E-state index in [1.807, 2.05) is 0 Å². The molecule has 0 radical (unpaired) electrons. The number of ether oxygens (including phenoxy) is 1. The number of nitrogens with one attached hydrogen (secondary N) is 1. The van der Waals surface area contributed by atoms with E-state index in [0.717, 1.165) is 0 Å². The van der Waals surface area contributed by atoms with Crippen LogP contribution in [0.1, 0.15) is 12.5 Å². The Kier molecular flexibility index (Phi) is 3.85. The highest BCUT2D eigenvalue weighted by atomic mass is 16.5. The Labute approximate surface area is 88.2 Å². The Morgan fingerprint density at radius 3 is 2.60 bits per heavy atom. The molecule has 1 aromatic rings. The number of benzene rings is 1. The number of esters is 1. The molecular weight excluding hydrogens is 194 g/mol. The fourth-order valence-electron chi connectivity index (χ4n) is 1.17. The number of likely N-dealkylation sites (N-methyl/N-ethyl adjacent to an activating group) is 1. The molecule has 0 heterocycles. The van der Waals surface area contributed by atoms with Gasteiger partial charge in [-0.2, -0.15) is 0 Å². The van der Waals surface area contributed by atoms with Crippen LogP contribution in [0, 0.1) is 0 Å². The van der Waals surface area contributed by atoms with Crippen molar-refractivity contribution in [1.29, 1.82) is 0 Å². The van der Waals surface area contributed by atoms with E-state index in [1.54, 1.807) is 31.3 Å². The van der Waals surface area contributed by atoms with Gasteiger partial charge in [-0.15, -0.1) is 0 Å². The maximum Gasteiger partial charge on any atom is 0.308 e. The van der Waals surface area contributed by atoms with Crippen LogP contribution in [0.5, 0.6) is 5.75 Å². The number of amides is 1. The van der Waals surface area contributed by atoms with Gasteiger partial charge < -0.3 is 10.1 Å². The fourth-order valence-corrected chi connectivity index (χ4v) is 1.17. The van der Waals surface area contributed by atoms with Crippen LogP contribution in [0.3, 0.4) is 0 Å². The largest absolute Gasteiger partial charge is 0.426 e. The first-order valence-corrected chi connectivity index (χ1v) is 4.60. The molecule has 1 N–H and O–H groups in total. The van der Waals surface area contributed by atoms with Gasteiger partial charge in [0.15, 0.2) is 0 Å². The second-order valence-electron chi connectivity index (χ2n) is 3.05. The normalized spacial score (nSPS) is 9.47. The molecule has 4 heteroatoms. The Morgan fingerprint density at radius 1 is 1.33 bits per heavy atom. The molecule has 1 amide bonds. The van der Waals surface area contributed by atoms with Crippen molar-refractivity contribution >= 4 is 11.9 Å². The second-order valence-corrected chi connectivity index (χ2v) is 3.05. The van der Waals surface area contributed by atoms with E-state index < -0.39 is 0 Å². The molecule has 0 aliphatic heterocycles. The SMILES string of the molecule is CNC(=O)Cc1ccccc1OC(C)=O. The Morgan fingerprint density at radius 2 is 2.00 bits per heavy atom. The summed E-state index contributed by atoms with van der Waals surface area (Å²) >= 11 is 0. The van der Waals surface area contributed by atoms with Gasteiger partial charge >= 0.3 is 5.97 Å². The smallest absolute Gasteiger partial charge is 0.308 e. The van der Waals surface area contributed by atoms with Crippen molar-refractivity contribution in [2.45, 2.75) is 13.3 Å². The van der Waals surface area contributed by atoms with Crippen molar-refractivity contribution < 1.29 is 14.3 Å². The van der Waals surface area contributed by atoms with E-state index in [0.29, 0.717) is 11.3 Å². The summed E-state index contributed by atoms with van der Waals surface area (Å²) in [6.45, 7) is 1.33. The van der Waals surface area contributed by atoms with E-state index in [4.69, 9.17) is 4.74 Å². The molecule has 0 bridgehead atoms. The summed E-state index contributed by atoms with van der Waals surface area (Å²) in [6.07, 6.45) is 0.208. The fraction of sp³-hybridized carbons (Fsp3) is 0.273. The highest BCUT2D eigenvalue weighted by molar-refractivity contribution is 5.79. The summed E-state index contributed by atoms with van der Waals surface area (Å²) in [7, 11) is 1.57. The minimum absolute atomic E-state index is 0.116. The van der Waals surface area contributed by atoms with Crippen LogP contribution in [-0.4, -0.2) is 18.9 Å². The van der Waals surface area contributed by atoms with Crippen molar-refractivity contribution in [3.8, 4) is 5.75 Å². The lowest BCUT2D eigenvalue weighted by molar-refractivity contribution is -0.132. The molecule has 0 aromatic heterocycles. The standard InChI is InChI=1S/C11H13NO3/c1-8(13)15-10-6-4-3-5-9(10)7-11(14)12-2/h3-6H,7H2,1-2H3,(H,12,14). The van der Waals surface area contributed by atoms with Crippen LogP contribution >= 0.6 is 0 Å². The van der Waals surface area contributed by atoms with E-state index in [1.165, 1.54) is 6.92 Å². The molecule has 80 valence electrons. The van der Waals surface area contributed by atoms with Crippen LogP contribution in [0.15, 0.2) is 24.3 Å². The maximum atomic E-state index is 11.2. The highest BCUT2D eigenvalue weighted by Crippen LogP contribution is 2.18. The summed E-state index contributed by atoms with van der Waals surface area (Å²) in [6, 6.07) is 6.98. The molecule has 1 aromatic carbocycles. The van der Waals surface area contributed by atoms with Gasteiger partial charge in [-0.3, -0.25) is 9.59 Å². The van der Waals surface area contributed by atoms with Crippen LogP contribution in [0.2, 0.25) is 0 Å². The zero-order valence-corrected chi connectivity index (χ0v) is 8.74. The summed E-state index contributed by atoms with van der Waals surface area (Å²) in [5.41, 5.74) is 0.701. The number of rotatable bonds is 3. The summed E-state index contributed by atoms with van der Waals surface area (Å²) in [5, 5.41) is 2.51. The molecule has 0 saturated heterocycles. The molecule has 0 atom stereocenters. The molecule has 0 aliphatic carbocycles. The molecule has 15 heavy (non-hydrogen) atoms. The minimum atomic E-state index is -0.389. The van der Waals surface area contributed by atoms with E-state index >= 15 is 0 Å². The Bertz CT molecular complexity index is 374. The third-order valence-electron chi connectivity index (χ3n) is 1.86. The Hall–Kier alpha value is -1.84. The number of para-hydroxylation sites is 1. The van der Waals surface area contributed by atoms with Crippen molar-refractivity contribution in [1.82, 2.24) is 5.32 Å². The number of hydrogen-bond acceptors (Lipinski definition) is 3. The average Bonchev–Trinajstić information content (AvgIpc) is 2.20. The van der Waals surface area contributed by atoms with Gasteiger partial charge in [0.1, 0.15) is 5.75 Å². The van der Waals surface area contributed by atoms with Crippen molar-refractivity contribution in [3.63, 3.8) is 0 Å². The van der Waals surface area contributed by atoms with Crippen molar-refractivity contribution in [3.05, 3.63) is 29.8 Å². The summed E-state index contributed by atoms with van der Waals surface area (Å²) in [4.78, 5) is 22.0. The number of hydrogen-bond donors (Lipinski definition) is 1. The molecule has 0 spiro atoms. The molecular formula is C11H13NO3. The molecule has 4 nitrogen and oxygen atoms in total. The van der Waals surface area contributed by atoms with E-state index in [2.05, 4.69) is 5.32 Å². The van der Waals surface area contributed by atoms with Gasteiger partial charge in [0.25, 0.3) is 0 Å². The predicted molar refractivity (Wildman–Crippen MR) is 55.5 cm³/mol. The average molecular weight is 207 g/mol. The van der Waals surface area contributed by atoms with Crippen LogP contribution in [-0.2, 0) is 16.0 Å². The zero-order valence-electron chi connectivity index (χ0n) is 8.74. The molecule has 0 aliphatic rings. The lowest BCUT2D eigenvalue weighted by Crippen LogP contribution is -2.20. The van der Waals surface area contributed by atoms with Crippen LogP contribution in [0.4, 0.5) is 0 Å². The highest BCUT2D eigenvalue weighted by Gasteiger charge is 2.08. The third-order valence-corrected chi connectivity index (χ3v) is 1.86. The van der Waals surface area contributed by atoms with Crippen LogP contribution in [0.25, 0.3) is 0 Å². The topological polar surface area (TPSA) is 55.4 Å². The van der Waals surface area contributed by atoms with E-state index in [9.17, 15) is 9.59 Å². The Balaban J connectivity index is 2.85. The van der Waals surface area contributed by atoms with Gasteiger partial charge in [0.2, 0.25) is 5.91 Å². The molecule has 0 unspecified atom stereocenters. The molecule has 1 rings (SSSR count). The summed E-state index contributed by atoms with van der Waals surface area (Å²) in [5.74, 6) is -0.0671. The van der Waals surface area contributed by atoms with Gasteiger partial charge in [0, 0.05) is 19.5 Å². The lowest BCUT2D eigenvalue weighted by atomic mass is 10.1. The lowest BCUT2D eigenvalue weighted by Gasteiger charge is -2.07.